The van der Waals surface area contributed by atoms with Gasteiger partial charge in [0.1, 0.15) is 0 Å². The first-order chi connectivity index (χ1) is 14.4. The first-order valence-electron chi connectivity index (χ1n) is 10.0. The molecular weight excluding hydrogens is 352 g/mol. The smallest absolute Gasteiger partial charge is 0.0946 e. The summed E-state index contributed by atoms with van der Waals surface area (Å²) in [6, 6.07) is 33.9. The largest absolute Gasteiger partial charge is 0.359 e. The van der Waals surface area contributed by atoms with E-state index in [0.29, 0.717) is 0 Å². The van der Waals surface area contributed by atoms with Crippen molar-refractivity contribution in [1.29, 1.82) is 0 Å². The number of fused-ring (bicyclic) bond motifs is 1. The Morgan fingerprint density at radius 3 is 1.93 bits per heavy atom. The van der Waals surface area contributed by atoms with Gasteiger partial charge in [-0.1, -0.05) is 91.0 Å². The number of nitrogens with zero attached hydrogens (tertiary/aromatic N) is 1. The average Bonchev–Trinajstić information content (AvgIpc) is 3.28. The minimum Gasteiger partial charge on any atom is -0.359 e. The Morgan fingerprint density at radius 2 is 1.24 bits per heavy atom. The van der Waals surface area contributed by atoms with Gasteiger partial charge in [-0.2, -0.15) is 0 Å². The number of pyridine rings is 1. The van der Waals surface area contributed by atoms with Crippen LogP contribution in [0.4, 0.5) is 0 Å². The second-order valence-electron chi connectivity index (χ2n) is 7.27. The normalized spacial score (nSPS) is 11.0. The minimum atomic E-state index is 0.898. The fourth-order valence-electron chi connectivity index (χ4n) is 4.00. The summed E-state index contributed by atoms with van der Waals surface area (Å²) in [5.74, 6) is 0. The van der Waals surface area contributed by atoms with Crippen LogP contribution in [0.1, 0.15) is 11.3 Å². The maximum absolute atomic E-state index is 5.20. The molecule has 0 aliphatic carbocycles. The van der Waals surface area contributed by atoms with Crippen LogP contribution in [0.3, 0.4) is 0 Å². The number of aromatic nitrogens is 2. The van der Waals surface area contributed by atoms with Gasteiger partial charge in [-0.3, -0.25) is 0 Å². The van der Waals surface area contributed by atoms with Crippen molar-refractivity contribution in [2.45, 2.75) is 12.8 Å². The predicted molar refractivity (Wildman–Crippen MR) is 121 cm³/mol. The van der Waals surface area contributed by atoms with Crippen molar-refractivity contribution in [2.24, 2.45) is 0 Å². The van der Waals surface area contributed by atoms with E-state index in [1.54, 1.807) is 0 Å². The lowest BCUT2D eigenvalue weighted by Crippen LogP contribution is -2.01. The molecule has 5 aromatic rings. The number of rotatable bonds is 5. The molecule has 5 rings (SSSR count). The fourth-order valence-corrected chi connectivity index (χ4v) is 4.00. The van der Waals surface area contributed by atoms with Crippen molar-refractivity contribution in [2.75, 3.05) is 0 Å². The first-order valence-corrected chi connectivity index (χ1v) is 10.0. The van der Waals surface area contributed by atoms with Gasteiger partial charge in [0.05, 0.1) is 11.2 Å². The number of nitrogens with one attached hydrogen (secondary N) is 1. The van der Waals surface area contributed by atoms with Crippen LogP contribution >= 0.6 is 0 Å². The van der Waals surface area contributed by atoms with Gasteiger partial charge in [-0.15, -0.1) is 0 Å². The van der Waals surface area contributed by atoms with Crippen LogP contribution in [0.2, 0.25) is 0 Å². The molecule has 0 unspecified atom stereocenters. The number of aromatic amines is 1. The molecule has 2 aromatic heterocycles. The SMILES string of the molecule is c1ccc(CCc2nc(-c3ccccc3)c3[nH]ccc3c2-c2ccccc2)cc1. The summed E-state index contributed by atoms with van der Waals surface area (Å²) >= 11 is 0. The standard InChI is InChI=1S/C27H22N2/c1-4-10-20(11-5-1)16-17-24-25(21-12-6-2-7-13-21)23-18-19-28-27(23)26(29-24)22-14-8-3-9-15-22/h1-15,18-19,28H,16-17H2. The molecule has 0 fully saturated rings. The van der Waals surface area contributed by atoms with Crippen LogP contribution in [0, 0.1) is 0 Å². The van der Waals surface area contributed by atoms with E-state index in [2.05, 4.69) is 96.0 Å². The molecule has 1 N–H and O–H groups in total. The Hall–Kier alpha value is -3.65. The lowest BCUT2D eigenvalue weighted by atomic mass is 9.95. The molecule has 0 radical (unpaired) electrons. The van der Waals surface area contributed by atoms with Gasteiger partial charge >= 0.3 is 0 Å². The molecular formula is C27H22N2. The molecule has 0 bridgehead atoms. The second kappa shape index (κ2) is 7.76. The van der Waals surface area contributed by atoms with Crippen molar-refractivity contribution < 1.29 is 0 Å². The number of hydrogen-bond donors (Lipinski definition) is 1. The summed E-state index contributed by atoms with van der Waals surface area (Å²) in [7, 11) is 0. The van der Waals surface area contributed by atoms with Gasteiger partial charge in [-0.25, -0.2) is 4.98 Å². The van der Waals surface area contributed by atoms with E-state index in [-0.39, 0.29) is 0 Å². The highest BCUT2D eigenvalue weighted by Gasteiger charge is 2.17. The van der Waals surface area contributed by atoms with Crippen molar-refractivity contribution in [3.8, 4) is 22.4 Å². The van der Waals surface area contributed by atoms with E-state index < -0.39 is 0 Å². The van der Waals surface area contributed by atoms with Crippen molar-refractivity contribution in [1.82, 2.24) is 9.97 Å². The van der Waals surface area contributed by atoms with Gasteiger partial charge in [0.2, 0.25) is 0 Å². The Morgan fingerprint density at radius 1 is 0.621 bits per heavy atom. The molecule has 3 aromatic carbocycles. The third-order valence-corrected chi connectivity index (χ3v) is 5.39. The number of H-pyrrole nitrogens is 1. The molecule has 2 heteroatoms. The Labute approximate surface area is 170 Å². The van der Waals surface area contributed by atoms with Gasteiger partial charge in [0.15, 0.2) is 0 Å². The molecule has 0 atom stereocenters. The van der Waals surface area contributed by atoms with Crippen molar-refractivity contribution >= 4 is 10.9 Å². The third-order valence-electron chi connectivity index (χ3n) is 5.39. The zero-order chi connectivity index (χ0) is 19.5. The molecule has 2 heterocycles. The highest BCUT2D eigenvalue weighted by molar-refractivity contribution is 6.02. The second-order valence-corrected chi connectivity index (χ2v) is 7.27. The van der Waals surface area contributed by atoms with E-state index in [4.69, 9.17) is 4.98 Å². The fraction of sp³-hybridized carbons (Fsp3) is 0.0741. The van der Waals surface area contributed by atoms with E-state index in [1.165, 1.54) is 22.1 Å². The number of hydrogen-bond acceptors (Lipinski definition) is 1. The van der Waals surface area contributed by atoms with Crippen molar-refractivity contribution in [3.63, 3.8) is 0 Å². The summed E-state index contributed by atoms with van der Waals surface area (Å²) in [5, 5.41) is 1.23. The third kappa shape index (κ3) is 3.45. The van der Waals surface area contributed by atoms with Gasteiger partial charge in [-0.05, 0) is 30.0 Å². The lowest BCUT2D eigenvalue weighted by molar-refractivity contribution is 0.921. The van der Waals surface area contributed by atoms with Crippen LogP contribution in [0.25, 0.3) is 33.3 Å². The quantitative estimate of drug-likeness (QED) is 0.365. The van der Waals surface area contributed by atoms with E-state index >= 15 is 0 Å². The zero-order valence-electron chi connectivity index (χ0n) is 16.2. The lowest BCUT2D eigenvalue weighted by Gasteiger charge is -2.14. The molecule has 140 valence electrons. The van der Waals surface area contributed by atoms with Crippen LogP contribution in [-0.2, 0) is 12.8 Å². The molecule has 2 nitrogen and oxygen atoms in total. The molecule has 0 saturated carbocycles. The highest BCUT2D eigenvalue weighted by Crippen LogP contribution is 2.36. The monoisotopic (exact) mass is 374 g/mol. The number of benzene rings is 3. The Bertz CT molecular complexity index is 1220. The van der Waals surface area contributed by atoms with Crippen LogP contribution in [0.5, 0.6) is 0 Å². The maximum Gasteiger partial charge on any atom is 0.0946 e. The summed E-state index contributed by atoms with van der Waals surface area (Å²) in [5.41, 5.74) is 8.19. The minimum absolute atomic E-state index is 0.898. The highest BCUT2D eigenvalue weighted by atomic mass is 14.8. The molecule has 0 saturated heterocycles. The molecule has 29 heavy (non-hydrogen) atoms. The van der Waals surface area contributed by atoms with E-state index in [9.17, 15) is 0 Å². The molecule has 0 aliphatic heterocycles. The summed E-state index contributed by atoms with van der Waals surface area (Å²) in [6.07, 6.45) is 3.89. The van der Waals surface area contributed by atoms with Crippen LogP contribution in [0.15, 0.2) is 103 Å². The van der Waals surface area contributed by atoms with E-state index in [1.807, 2.05) is 12.3 Å². The van der Waals surface area contributed by atoms with Gasteiger partial charge < -0.3 is 4.98 Å². The van der Waals surface area contributed by atoms with Crippen LogP contribution in [-0.4, -0.2) is 9.97 Å². The molecule has 0 amide bonds. The van der Waals surface area contributed by atoms with Crippen LogP contribution < -0.4 is 0 Å². The number of aryl methyl sites for hydroxylation is 2. The van der Waals surface area contributed by atoms with Gasteiger partial charge in [0, 0.05) is 28.4 Å². The van der Waals surface area contributed by atoms with E-state index in [0.717, 1.165) is 35.3 Å². The predicted octanol–water partition coefficient (Wildman–Crippen LogP) is 6.68. The Balaban J connectivity index is 1.70. The van der Waals surface area contributed by atoms with Gasteiger partial charge in [0.25, 0.3) is 0 Å². The topological polar surface area (TPSA) is 28.7 Å². The summed E-state index contributed by atoms with van der Waals surface area (Å²) < 4.78 is 0. The van der Waals surface area contributed by atoms with Crippen molar-refractivity contribution in [3.05, 3.63) is 115 Å². The summed E-state index contributed by atoms with van der Waals surface area (Å²) in [4.78, 5) is 8.64. The average molecular weight is 374 g/mol. The molecule has 0 aliphatic rings. The summed E-state index contributed by atoms with van der Waals surface area (Å²) in [6.45, 7) is 0. The zero-order valence-corrected chi connectivity index (χ0v) is 16.2. The first kappa shape index (κ1) is 17.4. The Kier molecular flexibility index (Phi) is 4.67. The molecule has 0 spiro atoms. The maximum atomic E-state index is 5.20.